The first-order chi connectivity index (χ1) is 12.5. The minimum Gasteiger partial charge on any atom is -0.478 e. The lowest BCUT2D eigenvalue weighted by Crippen LogP contribution is -2.49. The van der Waals surface area contributed by atoms with E-state index in [1.807, 2.05) is 6.08 Å². The molecule has 2 N–H and O–H groups in total. The molecule has 0 saturated heterocycles. The number of aliphatic carboxylic acids is 1. The number of hydrogen-bond acceptors (Lipinski definition) is 2. The standard InChI is InChI=1S/C24H38O3/c1-15-11-12-20(25)19-13-16(2)22(17(3)14-24(4,5)6)18(23(15)19)9-7-8-10-21(26)27/h7-10,14-16,18-20,22-23,25H,11-13H2,1-6H3,(H,26,27)/t15-,16-,18+,19-,20-,22-,23-/m0/s1. The zero-order chi connectivity index (χ0) is 20.4. The van der Waals surface area contributed by atoms with Gasteiger partial charge >= 0.3 is 5.97 Å². The van der Waals surface area contributed by atoms with Crippen LogP contribution in [0.5, 0.6) is 0 Å². The van der Waals surface area contributed by atoms with E-state index in [0.29, 0.717) is 35.5 Å². The maximum atomic E-state index is 10.8. The molecule has 0 heterocycles. The third kappa shape index (κ3) is 5.57. The summed E-state index contributed by atoms with van der Waals surface area (Å²) >= 11 is 0. The Kier molecular flexibility index (Phi) is 7.13. The number of aliphatic hydroxyl groups is 1. The van der Waals surface area contributed by atoms with Crippen LogP contribution in [0.15, 0.2) is 36.0 Å². The molecule has 152 valence electrons. The molecule has 0 unspecified atom stereocenters. The summed E-state index contributed by atoms with van der Waals surface area (Å²) in [6, 6.07) is 0. The molecule has 2 rings (SSSR count). The van der Waals surface area contributed by atoms with Crippen LogP contribution in [0.2, 0.25) is 0 Å². The molecule has 2 fully saturated rings. The molecule has 7 atom stereocenters. The van der Waals surface area contributed by atoms with E-state index < -0.39 is 5.97 Å². The predicted molar refractivity (Wildman–Crippen MR) is 111 cm³/mol. The van der Waals surface area contributed by atoms with Crippen molar-refractivity contribution in [1.82, 2.24) is 0 Å². The van der Waals surface area contributed by atoms with Gasteiger partial charge in [0, 0.05) is 6.08 Å². The normalized spacial score (nSPS) is 38.3. The van der Waals surface area contributed by atoms with Crippen molar-refractivity contribution in [3.63, 3.8) is 0 Å². The number of hydrogen-bond donors (Lipinski definition) is 2. The number of carbonyl (C=O) groups is 1. The molecule has 3 nitrogen and oxygen atoms in total. The second kappa shape index (κ2) is 8.77. The molecule has 0 aromatic heterocycles. The SMILES string of the molecule is CC(=CC(C)(C)C)[C@H]1[C@@H](C=CC=CC(=O)O)[C@H]2[C@@H](C[C@@H]1C)[C@@H](O)CC[C@@H]2C. The smallest absolute Gasteiger partial charge is 0.328 e. The van der Waals surface area contributed by atoms with Crippen molar-refractivity contribution in [3.8, 4) is 0 Å². The van der Waals surface area contributed by atoms with Gasteiger partial charge in [0.2, 0.25) is 0 Å². The van der Waals surface area contributed by atoms with Gasteiger partial charge in [0.1, 0.15) is 0 Å². The van der Waals surface area contributed by atoms with Crippen molar-refractivity contribution in [1.29, 1.82) is 0 Å². The third-order valence-corrected chi connectivity index (χ3v) is 6.55. The minimum absolute atomic E-state index is 0.135. The monoisotopic (exact) mass is 374 g/mol. The fourth-order valence-corrected chi connectivity index (χ4v) is 5.80. The van der Waals surface area contributed by atoms with E-state index in [0.717, 1.165) is 19.3 Å². The zero-order valence-electron chi connectivity index (χ0n) is 17.9. The molecule has 0 radical (unpaired) electrons. The number of carboxylic acids is 1. The third-order valence-electron chi connectivity index (χ3n) is 6.55. The molecule has 0 amide bonds. The van der Waals surface area contributed by atoms with E-state index in [2.05, 4.69) is 53.7 Å². The van der Waals surface area contributed by atoms with E-state index in [-0.39, 0.29) is 11.5 Å². The van der Waals surface area contributed by atoms with Crippen LogP contribution in [-0.2, 0) is 4.79 Å². The Balaban J connectivity index is 2.42. The van der Waals surface area contributed by atoms with Gasteiger partial charge in [-0.05, 0) is 67.1 Å². The zero-order valence-corrected chi connectivity index (χ0v) is 17.9. The summed E-state index contributed by atoms with van der Waals surface area (Å²) in [5, 5.41) is 19.5. The van der Waals surface area contributed by atoms with Gasteiger partial charge in [-0.25, -0.2) is 4.79 Å². The highest BCUT2D eigenvalue weighted by Crippen LogP contribution is 2.53. The second-order valence-corrected chi connectivity index (χ2v) is 10.0. The van der Waals surface area contributed by atoms with Gasteiger partial charge in [0.05, 0.1) is 6.10 Å². The van der Waals surface area contributed by atoms with E-state index in [1.165, 1.54) is 11.6 Å². The molecule has 0 bridgehead atoms. The summed E-state index contributed by atoms with van der Waals surface area (Å²) in [5.41, 5.74) is 1.56. The van der Waals surface area contributed by atoms with Crippen LogP contribution in [0.3, 0.4) is 0 Å². The lowest BCUT2D eigenvalue weighted by molar-refractivity contribution is -0.131. The first-order valence-electron chi connectivity index (χ1n) is 10.5. The fourth-order valence-electron chi connectivity index (χ4n) is 5.80. The van der Waals surface area contributed by atoms with Crippen LogP contribution in [0.1, 0.15) is 60.8 Å². The molecular weight excluding hydrogens is 336 g/mol. The Bertz CT molecular complexity index is 608. The topological polar surface area (TPSA) is 57.5 Å². The molecule has 2 saturated carbocycles. The molecule has 0 aromatic rings. The molecule has 3 heteroatoms. The summed E-state index contributed by atoms with van der Waals surface area (Å²) in [7, 11) is 0. The molecule has 0 aliphatic heterocycles. The van der Waals surface area contributed by atoms with Gasteiger partial charge in [0.15, 0.2) is 0 Å². The average molecular weight is 375 g/mol. The van der Waals surface area contributed by atoms with Crippen molar-refractivity contribution in [2.24, 2.45) is 40.9 Å². The summed E-state index contributed by atoms with van der Waals surface area (Å²) in [6.07, 6.45) is 12.2. The summed E-state index contributed by atoms with van der Waals surface area (Å²) in [5.74, 6) is 1.73. The Morgan fingerprint density at radius 1 is 1.07 bits per heavy atom. The first kappa shape index (κ1) is 21.9. The number of fused-ring (bicyclic) bond motifs is 1. The molecule has 27 heavy (non-hydrogen) atoms. The van der Waals surface area contributed by atoms with Crippen LogP contribution in [0.25, 0.3) is 0 Å². The van der Waals surface area contributed by atoms with E-state index in [9.17, 15) is 9.90 Å². The highest BCUT2D eigenvalue weighted by atomic mass is 16.4. The number of rotatable bonds is 4. The Hall–Kier alpha value is -1.35. The molecule has 2 aliphatic rings. The quantitative estimate of drug-likeness (QED) is 0.390. The lowest BCUT2D eigenvalue weighted by Gasteiger charge is -2.52. The fraction of sp³-hybridized carbons (Fsp3) is 0.708. The van der Waals surface area contributed by atoms with Crippen molar-refractivity contribution < 1.29 is 15.0 Å². The van der Waals surface area contributed by atoms with Crippen LogP contribution < -0.4 is 0 Å². The van der Waals surface area contributed by atoms with Crippen LogP contribution in [0.4, 0.5) is 0 Å². The molecule has 2 aliphatic carbocycles. The largest absolute Gasteiger partial charge is 0.478 e. The highest BCUT2D eigenvalue weighted by molar-refractivity contribution is 5.80. The number of aliphatic hydroxyl groups excluding tert-OH is 1. The lowest BCUT2D eigenvalue weighted by atomic mass is 9.53. The number of allylic oxidation sites excluding steroid dienone is 5. The van der Waals surface area contributed by atoms with Crippen molar-refractivity contribution in [2.45, 2.75) is 66.9 Å². The second-order valence-electron chi connectivity index (χ2n) is 10.0. The van der Waals surface area contributed by atoms with E-state index in [1.54, 1.807) is 6.08 Å². The van der Waals surface area contributed by atoms with Crippen LogP contribution in [0, 0.1) is 40.9 Å². The van der Waals surface area contributed by atoms with Crippen LogP contribution >= 0.6 is 0 Å². The molecule has 0 aromatic carbocycles. The average Bonchev–Trinajstić information content (AvgIpc) is 2.52. The van der Waals surface area contributed by atoms with Gasteiger partial charge in [-0.2, -0.15) is 0 Å². The highest BCUT2D eigenvalue weighted by Gasteiger charge is 2.48. The first-order valence-corrected chi connectivity index (χ1v) is 10.5. The van der Waals surface area contributed by atoms with Gasteiger partial charge < -0.3 is 10.2 Å². The van der Waals surface area contributed by atoms with Crippen LogP contribution in [-0.4, -0.2) is 22.3 Å². The summed E-state index contributed by atoms with van der Waals surface area (Å²) in [4.78, 5) is 10.8. The maximum absolute atomic E-state index is 10.8. The van der Waals surface area contributed by atoms with E-state index in [4.69, 9.17) is 5.11 Å². The summed E-state index contributed by atoms with van der Waals surface area (Å²) < 4.78 is 0. The Labute approximate surface area is 165 Å². The van der Waals surface area contributed by atoms with Gasteiger partial charge in [-0.3, -0.25) is 0 Å². The van der Waals surface area contributed by atoms with Crippen molar-refractivity contribution in [3.05, 3.63) is 36.0 Å². The maximum Gasteiger partial charge on any atom is 0.328 e. The van der Waals surface area contributed by atoms with Gasteiger partial charge in [-0.1, -0.05) is 64.5 Å². The minimum atomic E-state index is -0.920. The van der Waals surface area contributed by atoms with Gasteiger partial charge in [0.25, 0.3) is 0 Å². The van der Waals surface area contributed by atoms with Gasteiger partial charge in [-0.15, -0.1) is 0 Å². The molecule has 0 spiro atoms. The van der Waals surface area contributed by atoms with Crippen molar-refractivity contribution >= 4 is 5.97 Å². The van der Waals surface area contributed by atoms with E-state index >= 15 is 0 Å². The number of carboxylic acid groups (broad SMARTS) is 1. The summed E-state index contributed by atoms with van der Waals surface area (Å²) in [6.45, 7) is 13.6. The predicted octanol–water partition coefficient (Wildman–Crippen LogP) is 5.47. The Morgan fingerprint density at radius 3 is 2.33 bits per heavy atom. The Morgan fingerprint density at radius 2 is 1.74 bits per heavy atom. The molecular formula is C24H38O3. The van der Waals surface area contributed by atoms with Crippen molar-refractivity contribution in [2.75, 3.05) is 0 Å².